The lowest BCUT2D eigenvalue weighted by Gasteiger charge is -2.17. The summed E-state index contributed by atoms with van der Waals surface area (Å²) in [6.07, 6.45) is 0. The Kier molecular flexibility index (Phi) is 4.80. The van der Waals surface area contributed by atoms with Gasteiger partial charge in [0, 0.05) is 10.8 Å². The lowest BCUT2D eigenvalue weighted by atomic mass is 10.0. The van der Waals surface area contributed by atoms with Crippen molar-refractivity contribution in [2.24, 2.45) is 5.73 Å². The van der Waals surface area contributed by atoms with Gasteiger partial charge in [-0.2, -0.15) is 0 Å². The molecule has 21 heavy (non-hydrogen) atoms. The lowest BCUT2D eigenvalue weighted by molar-refractivity contribution is -0.115. The number of hydrogen-bond donors (Lipinski definition) is 1. The van der Waals surface area contributed by atoms with E-state index in [4.69, 9.17) is 5.73 Å². The second kappa shape index (κ2) is 6.58. The number of amides is 1. The molecule has 2 aromatic carbocycles. The molecule has 0 aliphatic heterocycles. The molecule has 0 saturated heterocycles. The highest BCUT2D eigenvalue weighted by molar-refractivity contribution is 7.86. The molecule has 1 amide bonds. The van der Waals surface area contributed by atoms with E-state index in [-0.39, 0.29) is 5.75 Å². The summed E-state index contributed by atoms with van der Waals surface area (Å²) in [5, 5.41) is -0.816. The molecule has 1 unspecified atom stereocenters. The number of carbonyl (C=O) groups excluding carboxylic acids is 1. The van der Waals surface area contributed by atoms with Gasteiger partial charge in [0.25, 0.3) is 0 Å². The molecule has 0 aliphatic rings. The van der Waals surface area contributed by atoms with Gasteiger partial charge in [-0.05, 0) is 35.4 Å². The Balaban J connectivity index is 2.48. The van der Waals surface area contributed by atoms with Crippen LogP contribution in [-0.2, 0) is 15.6 Å². The van der Waals surface area contributed by atoms with Crippen LogP contribution in [-0.4, -0.2) is 15.9 Å². The quantitative estimate of drug-likeness (QED) is 0.921. The van der Waals surface area contributed by atoms with Gasteiger partial charge >= 0.3 is 0 Å². The number of nitrogens with two attached hydrogens (primary N) is 1. The van der Waals surface area contributed by atoms with Crippen molar-refractivity contribution in [1.82, 2.24) is 0 Å². The molecule has 110 valence electrons. The van der Waals surface area contributed by atoms with Crippen LogP contribution >= 0.6 is 0 Å². The van der Waals surface area contributed by atoms with Crippen LogP contribution in [0.2, 0.25) is 0 Å². The van der Waals surface area contributed by atoms with Gasteiger partial charge in [0.2, 0.25) is 5.91 Å². The molecular formula is C15H13F2NO2S. The van der Waals surface area contributed by atoms with E-state index in [1.807, 2.05) is 0 Å². The normalized spacial score (nSPS) is 12.3. The van der Waals surface area contributed by atoms with Gasteiger partial charge in [0.15, 0.2) is 0 Å². The lowest BCUT2D eigenvalue weighted by Crippen LogP contribution is -2.23. The first kappa shape index (κ1) is 15.3. The summed E-state index contributed by atoms with van der Waals surface area (Å²) < 4.78 is 39.1. The predicted octanol–water partition coefficient (Wildman–Crippen LogP) is 2.29. The van der Waals surface area contributed by atoms with Crippen molar-refractivity contribution in [2.75, 3.05) is 5.75 Å². The van der Waals surface area contributed by atoms with Gasteiger partial charge in [-0.25, -0.2) is 8.78 Å². The molecule has 0 radical (unpaired) electrons. The summed E-state index contributed by atoms with van der Waals surface area (Å²) in [6.45, 7) is 0. The molecule has 6 heteroatoms. The molecule has 2 N–H and O–H groups in total. The number of carbonyl (C=O) groups is 1. The van der Waals surface area contributed by atoms with Crippen molar-refractivity contribution in [3.63, 3.8) is 0 Å². The molecule has 0 spiro atoms. The first-order chi connectivity index (χ1) is 9.97. The topological polar surface area (TPSA) is 60.2 Å². The van der Waals surface area contributed by atoms with E-state index in [1.165, 1.54) is 36.4 Å². The first-order valence-electron chi connectivity index (χ1n) is 6.14. The van der Waals surface area contributed by atoms with Gasteiger partial charge < -0.3 is 5.73 Å². The molecule has 0 bridgehead atoms. The third kappa shape index (κ3) is 3.95. The molecule has 0 aromatic heterocycles. The number of benzene rings is 2. The van der Waals surface area contributed by atoms with Gasteiger partial charge in [-0.1, -0.05) is 24.3 Å². The maximum absolute atomic E-state index is 13.4. The van der Waals surface area contributed by atoms with Gasteiger partial charge in [0.05, 0.1) is 5.25 Å². The molecule has 2 aromatic rings. The Hall–Kier alpha value is -2.08. The second-order valence-electron chi connectivity index (χ2n) is 4.48. The highest BCUT2D eigenvalue weighted by Gasteiger charge is 2.23. The molecule has 0 heterocycles. The minimum atomic E-state index is -1.71. The molecule has 1 atom stereocenters. The number of hydrogen-bond acceptors (Lipinski definition) is 2. The van der Waals surface area contributed by atoms with Gasteiger partial charge in [-0.15, -0.1) is 0 Å². The molecule has 0 saturated carbocycles. The average molecular weight is 309 g/mol. The fraction of sp³-hybridized carbons (Fsp3) is 0.133. The predicted molar refractivity (Wildman–Crippen MR) is 76.8 cm³/mol. The van der Waals surface area contributed by atoms with Crippen LogP contribution in [0.25, 0.3) is 0 Å². The molecule has 3 nitrogen and oxygen atoms in total. The minimum absolute atomic E-state index is 0.377. The van der Waals surface area contributed by atoms with Crippen molar-refractivity contribution < 1.29 is 17.8 Å². The van der Waals surface area contributed by atoms with Crippen LogP contribution in [0.4, 0.5) is 8.78 Å². The zero-order valence-electron chi connectivity index (χ0n) is 11.0. The summed E-state index contributed by atoms with van der Waals surface area (Å²) in [5.41, 5.74) is 5.87. The Morgan fingerprint density at radius 1 is 1.05 bits per heavy atom. The fourth-order valence-corrected chi connectivity index (χ4v) is 3.41. The highest BCUT2D eigenvalue weighted by Crippen LogP contribution is 2.29. The van der Waals surface area contributed by atoms with Crippen molar-refractivity contribution in [2.45, 2.75) is 5.25 Å². The molecule has 0 aliphatic carbocycles. The Morgan fingerprint density at radius 2 is 1.52 bits per heavy atom. The summed E-state index contributed by atoms with van der Waals surface area (Å²) in [7, 11) is -1.71. The third-order valence-corrected chi connectivity index (χ3v) is 4.49. The third-order valence-electron chi connectivity index (χ3n) is 2.85. The number of primary amides is 1. The summed E-state index contributed by atoms with van der Waals surface area (Å²) in [5.74, 6) is -2.10. The second-order valence-corrected chi connectivity index (χ2v) is 6.00. The van der Waals surface area contributed by atoms with Crippen LogP contribution < -0.4 is 5.73 Å². The van der Waals surface area contributed by atoms with Crippen molar-refractivity contribution in [3.8, 4) is 0 Å². The monoisotopic (exact) mass is 309 g/mol. The van der Waals surface area contributed by atoms with E-state index in [0.717, 1.165) is 0 Å². The van der Waals surface area contributed by atoms with Gasteiger partial charge in [0.1, 0.15) is 17.4 Å². The molecule has 0 fully saturated rings. The zero-order chi connectivity index (χ0) is 15.4. The average Bonchev–Trinajstić information content (AvgIpc) is 2.38. The van der Waals surface area contributed by atoms with E-state index in [0.29, 0.717) is 11.1 Å². The molecule has 2 rings (SSSR count). The van der Waals surface area contributed by atoms with Crippen LogP contribution in [0.15, 0.2) is 48.5 Å². The van der Waals surface area contributed by atoms with E-state index in [1.54, 1.807) is 12.1 Å². The Bertz CT molecular complexity index is 645. The van der Waals surface area contributed by atoms with Crippen LogP contribution in [0, 0.1) is 11.6 Å². The number of halogens is 2. The maximum Gasteiger partial charge on any atom is 0.230 e. The number of rotatable bonds is 5. The largest absolute Gasteiger partial charge is 0.369 e. The van der Waals surface area contributed by atoms with E-state index in [2.05, 4.69) is 0 Å². The Labute approximate surface area is 123 Å². The van der Waals surface area contributed by atoms with Crippen LogP contribution in [0.5, 0.6) is 0 Å². The Morgan fingerprint density at radius 3 is 1.90 bits per heavy atom. The summed E-state index contributed by atoms with van der Waals surface area (Å²) in [4.78, 5) is 11.0. The van der Waals surface area contributed by atoms with Crippen molar-refractivity contribution in [1.29, 1.82) is 0 Å². The molecular weight excluding hydrogens is 296 g/mol. The highest BCUT2D eigenvalue weighted by atomic mass is 32.2. The van der Waals surface area contributed by atoms with E-state index >= 15 is 0 Å². The van der Waals surface area contributed by atoms with Gasteiger partial charge in [-0.3, -0.25) is 9.00 Å². The van der Waals surface area contributed by atoms with Crippen molar-refractivity contribution >= 4 is 16.7 Å². The van der Waals surface area contributed by atoms with Crippen LogP contribution in [0.1, 0.15) is 16.4 Å². The first-order valence-corrected chi connectivity index (χ1v) is 7.52. The zero-order valence-corrected chi connectivity index (χ0v) is 11.8. The van der Waals surface area contributed by atoms with Crippen molar-refractivity contribution in [3.05, 3.63) is 71.3 Å². The SMILES string of the molecule is NC(=O)CS(=O)C(c1cccc(F)c1)c1cccc(F)c1. The van der Waals surface area contributed by atoms with E-state index < -0.39 is 33.6 Å². The summed E-state index contributed by atoms with van der Waals surface area (Å²) >= 11 is 0. The fourth-order valence-electron chi connectivity index (χ4n) is 2.06. The standard InChI is InChI=1S/C15H13F2NO2S/c16-12-5-1-3-10(7-12)15(21(20)9-14(18)19)11-4-2-6-13(17)8-11/h1-8,15H,9H2,(H2,18,19). The minimum Gasteiger partial charge on any atom is -0.369 e. The summed E-state index contributed by atoms with van der Waals surface area (Å²) in [6, 6.07) is 11.0. The van der Waals surface area contributed by atoms with Crippen LogP contribution in [0.3, 0.4) is 0 Å². The maximum atomic E-state index is 13.4. The van der Waals surface area contributed by atoms with E-state index in [9.17, 15) is 17.8 Å². The smallest absolute Gasteiger partial charge is 0.230 e.